The summed E-state index contributed by atoms with van der Waals surface area (Å²) in [5.41, 5.74) is 5.93. The average Bonchev–Trinajstić information content (AvgIpc) is 2.84. The summed E-state index contributed by atoms with van der Waals surface area (Å²) in [5.74, 6) is 0. The van der Waals surface area contributed by atoms with E-state index in [1.165, 1.54) is 30.6 Å². The molecule has 0 spiro atoms. The summed E-state index contributed by atoms with van der Waals surface area (Å²) in [6, 6.07) is 5.52. The van der Waals surface area contributed by atoms with Crippen molar-refractivity contribution in [3.63, 3.8) is 0 Å². The Morgan fingerprint density at radius 3 is 3.00 bits per heavy atom. The van der Waals surface area contributed by atoms with Crippen LogP contribution in [0.4, 0.5) is 0 Å². The molecule has 0 amide bonds. The van der Waals surface area contributed by atoms with Crippen molar-refractivity contribution in [2.45, 2.75) is 37.8 Å². The largest absolute Gasteiger partial charge is 0.328 e. The molecule has 2 rings (SSSR count). The van der Waals surface area contributed by atoms with E-state index in [-0.39, 0.29) is 0 Å². The van der Waals surface area contributed by atoms with Gasteiger partial charge in [-0.3, -0.25) is 0 Å². The maximum absolute atomic E-state index is 5.93. The lowest BCUT2D eigenvalue weighted by atomic mass is 10.2. The Bertz CT molecular complexity index is 284. The molecule has 1 heterocycles. The summed E-state index contributed by atoms with van der Waals surface area (Å²) in [4.78, 5) is 3.97. The smallest absolute Gasteiger partial charge is 0.0108 e. The quantitative estimate of drug-likeness (QED) is 0.848. The predicted molar refractivity (Wildman–Crippen MR) is 66.3 cm³/mol. The predicted octanol–water partition coefficient (Wildman–Crippen LogP) is 2.10. The number of nitrogens with two attached hydrogens (primary N) is 1. The van der Waals surface area contributed by atoms with E-state index in [1.54, 1.807) is 0 Å². The molecule has 0 radical (unpaired) electrons. The Kier molecular flexibility index (Phi) is 3.78. The first-order valence-corrected chi connectivity index (χ1v) is 6.62. The SMILES string of the molecule is CN(CCc1cccs1)C1CCC(N)C1. The summed E-state index contributed by atoms with van der Waals surface area (Å²) in [6.45, 7) is 1.16. The summed E-state index contributed by atoms with van der Waals surface area (Å²) in [7, 11) is 2.23. The van der Waals surface area contributed by atoms with Gasteiger partial charge < -0.3 is 10.6 Å². The fourth-order valence-electron chi connectivity index (χ4n) is 2.32. The van der Waals surface area contributed by atoms with E-state index in [0.717, 1.165) is 12.6 Å². The van der Waals surface area contributed by atoms with Crippen LogP contribution >= 0.6 is 11.3 Å². The standard InChI is InChI=1S/C12H20N2S/c1-14(11-5-4-10(13)9-11)7-6-12-3-2-8-15-12/h2-3,8,10-11H,4-7,9,13H2,1H3. The molecule has 84 valence electrons. The number of likely N-dealkylation sites (N-methyl/N-ethyl adjacent to an activating group) is 1. The Morgan fingerprint density at radius 1 is 1.53 bits per heavy atom. The number of rotatable bonds is 4. The molecule has 0 aliphatic heterocycles. The van der Waals surface area contributed by atoms with Crippen LogP contribution in [0.3, 0.4) is 0 Å². The zero-order valence-electron chi connectivity index (χ0n) is 9.36. The highest BCUT2D eigenvalue weighted by Gasteiger charge is 2.24. The second-order valence-electron chi connectivity index (χ2n) is 4.54. The molecule has 0 bridgehead atoms. The fraction of sp³-hybridized carbons (Fsp3) is 0.667. The summed E-state index contributed by atoms with van der Waals surface area (Å²) >= 11 is 1.86. The average molecular weight is 224 g/mol. The van der Waals surface area contributed by atoms with E-state index in [2.05, 4.69) is 29.5 Å². The van der Waals surface area contributed by atoms with Crippen LogP contribution < -0.4 is 5.73 Å². The lowest BCUT2D eigenvalue weighted by Gasteiger charge is -2.23. The molecule has 15 heavy (non-hydrogen) atoms. The Hall–Kier alpha value is -0.380. The molecule has 1 aromatic rings. The third-order valence-electron chi connectivity index (χ3n) is 3.36. The molecule has 0 saturated heterocycles. The molecule has 2 unspecified atom stereocenters. The van der Waals surface area contributed by atoms with Crippen molar-refractivity contribution in [3.8, 4) is 0 Å². The van der Waals surface area contributed by atoms with E-state index >= 15 is 0 Å². The van der Waals surface area contributed by atoms with E-state index in [9.17, 15) is 0 Å². The van der Waals surface area contributed by atoms with E-state index in [0.29, 0.717) is 6.04 Å². The maximum atomic E-state index is 5.93. The van der Waals surface area contributed by atoms with Crippen molar-refractivity contribution in [2.75, 3.05) is 13.6 Å². The molecule has 0 aromatic carbocycles. The Morgan fingerprint density at radius 2 is 2.40 bits per heavy atom. The first-order chi connectivity index (χ1) is 7.25. The molecule has 1 aliphatic carbocycles. The van der Waals surface area contributed by atoms with Crippen LogP contribution in [-0.4, -0.2) is 30.6 Å². The van der Waals surface area contributed by atoms with Crippen molar-refractivity contribution >= 4 is 11.3 Å². The first-order valence-electron chi connectivity index (χ1n) is 5.74. The highest BCUT2D eigenvalue weighted by molar-refractivity contribution is 7.09. The van der Waals surface area contributed by atoms with Crippen LogP contribution in [0.15, 0.2) is 17.5 Å². The molecule has 1 fully saturated rings. The van der Waals surface area contributed by atoms with Gasteiger partial charge in [-0.1, -0.05) is 6.07 Å². The molecule has 1 aliphatic rings. The zero-order valence-corrected chi connectivity index (χ0v) is 10.2. The highest BCUT2D eigenvalue weighted by Crippen LogP contribution is 2.22. The normalized spacial score (nSPS) is 26.3. The van der Waals surface area contributed by atoms with Crippen LogP contribution in [0.2, 0.25) is 0 Å². The molecule has 2 N–H and O–H groups in total. The van der Waals surface area contributed by atoms with Gasteiger partial charge in [0.1, 0.15) is 0 Å². The number of hydrogen-bond donors (Lipinski definition) is 1. The van der Waals surface area contributed by atoms with E-state index in [4.69, 9.17) is 5.73 Å². The zero-order chi connectivity index (χ0) is 10.7. The van der Waals surface area contributed by atoms with Crippen LogP contribution in [-0.2, 0) is 6.42 Å². The first kappa shape index (κ1) is 11.1. The fourth-order valence-corrected chi connectivity index (χ4v) is 3.01. The molecule has 2 atom stereocenters. The second-order valence-corrected chi connectivity index (χ2v) is 5.57. The van der Waals surface area contributed by atoms with Crippen LogP contribution in [0.1, 0.15) is 24.1 Å². The monoisotopic (exact) mass is 224 g/mol. The van der Waals surface area contributed by atoms with Crippen molar-refractivity contribution in [3.05, 3.63) is 22.4 Å². The Labute approximate surface area is 96.1 Å². The molecular weight excluding hydrogens is 204 g/mol. The van der Waals surface area contributed by atoms with Crippen LogP contribution in [0.25, 0.3) is 0 Å². The Balaban J connectivity index is 1.75. The highest BCUT2D eigenvalue weighted by atomic mass is 32.1. The summed E-state index contributed by atoms with van der Waals surface area (Å²) in [5, 5.41) is 2.15. The van der Waals surface area contributed by atoms with Crippen molar-refractivity contribution in [1.29, 1.82) is 0 Å². The minimum Gasteiger partial charge on any atom is -0.328 e. The van der Waals surface area contributed by atoms with Gasteiger partial charge in [-0.05, 0) is 44.2 Å². The van der Waals surface area contributed by atoms with E-state index in [1.807, 2.05) is 11.3 Å². The van der Waals surface area contributed by atoms with Gasteiger partial charge in [-0.2, -0.15) is 0 Å². The lowest BCUT2D eigenvalue weighted by Crippen LogP contribution is -2.32. The second kappa shape index (κ2) is 5.10. The number of thiophene rings is 1. The number of hydrogen-bond acceptors (Lipinski definition) is 3. The van der Waals surface area contributed by atoms with Gasteiger partial charge in [0.25, 0.3) is 0 Å². The molecule has 3 heteroatoms. The van der Waals surface area contributed by atoms with Crippen LogP contribution in [0, 0.1) is 0 Å². The van der Waals surface area contributed by atoms with Crippen molar-refractivity contribution in [1.82, 2.24) is 4.90 Å². The van der Waals surface area contributed by atoms with E-state index < -0.39 is 0 Å². The van der Waals surface area contributed by atoms with Gasteiger partial charge in [-0.25, -0.2) is 0 Å². The number of nitrogens with zero attached hydrogens (tertiary/aromatic N) is 1. The van der Waals surface area contributed by atoms with Gasteiger partial charge in [0.05, 0.1) is 0 Å². The van der Waals surface area contributed by atoms with Gasteiger partial charge in [0.2, 0.25) is 0 Å². The summed E-state index contributed by atoms with van der Waals surface area (Å²) in [6.07, 6.45) is 4.84. The van der Waals surface area contributed by atoms with Crippen LogP contribution in [0.5, 0.6) is 0 Å². The third-order valence-corrected chi connectivity index (χ3v) is 4.30. The van der Waals surface area contributed by atoms with Gasteiger partial charge in [-0.15, -0.1) is 11.3 Å². The summed E-state index contributed by atoms with van der Waals surface area (Å²) < 4.78 is 0. The molecule has 2 nitrogen and oxygen atoms in total. The lowest BCUT2D eigenvalue weighted by molar-refractivity contribution is 0.247. The topological polar surface area (TPSA) is 29.3 Å². The van der Waals surface area contributed by atoms with Gasteiger partial charge >= 0.3 is 0 Å². The maximum Gasteiger partial charge on any atom is 0.0108 e. The molecule has 1 aromatic heterocycles. The third kappa shape index (κ3) is 3.03. The minimum absolute atomic E-state index is 0.444. The van der Waals surface area contributed by atoms with Crippen molar-refractivity contribution < 1.29 is 0 Å². The van der Waals surface area contributed by atoms with Gasteiger partial charge in [0.15, 0.2) is 0 Å². The van der Waals surface area contributed by atoms with Gasteiger partial charge in [0, 0.05) is 23.5 Å². The molecular formula is C12H20N2S. The molecule has 1 saturated carbocycles. The minimum atomic E-state index is 0.444. The van der Waals surface area contributed by atoms with Crippen molar-refractivity contribution in [2.24, 2.45) is 5.73 Å².